The van der Waals surface area contributed by atoms with E-state index in [1.807, 2.05) is 47.4 Å². The molecule has 144 valence electrons. The van der Waals surface area contributed by atoms with Gasteiger partial charge in [-0.3, -0.25) is 14.8 Å². The van der Waals surface area contributed by atoms with Crippen LogP contribution in [0.15, 0.2) is 66.7 Å². The molecule has 2 amide bonds. The van der Waals surface area contributed by atoms with Crippen molar-refractivity contribution in [1.82, 2.24) is 10.4 Å². The van der Waals surface area contributed by atoms with Crippen molar-refractivity contribution in [2.45, 2.75) is 18.8 Å². The molecule has 1 atom stereocenters. The number of carbonyl (C=O) groups excluding carboxylic acids is 2. The summed E-state index contributed by atoms with van der Waals surface area (Å²) in [5.41, 5.74) is 4.52. The van der Waals surface area contributed by atoms with Crippen molar-refractivity contribution in [2.24, 2.45) is 0 Å². The summed E-state index contributed by atoms with van der Waals surface area (Å²) in [6, 6.07) is 17.8. The summed E-state index contributed by atoms with van der Waals surface area (Å²) in [5.74, 6) is -0.186. The van der Waals surface area contributed by atoms with E-state index >= 15 is 0 Å². The van der Waals surface area contributed by atoms with E-state index in [1.165, 1.54) is 11.6 Å². The highest BCUT2D eigenvalue weighted by Gasteiger charge is 2.23. The topological polar surface area (TPSA) is 69.6 Å². The number of carbonyl (C=O) groups is 2. The Morgan fingerprint density at radius 1 is 1.00 bits per heavy atom. The van der Waals surface area contributed by atoms with E-state index in [2.05, 4.69) is 12.1 Å². The van der Waals surface area contributed by atoms with Crippen LogP contribution in [-0.4, -0.2) is 35.0 Å². The molecule has 0 unspecified atom stereocenters. The second kappa shape index (κ2) is 9.67. The van der Waals surface area contributed by atoms with Crippen LogP contribution in [0.1, 0.15) is 35.4 Å². The van der Waals surface area contributed by atoms with Gasteiger partial charge in [0, 0.05) is 31.2 Å². The van der Waals surface area contributed by atoms with Crippen molar-refractivity contribution in [3.63, 3.8) is 0 Å². The number of nitrogens with one attached hydrogen (secondary N) is 1. The van der Waals surface area contributed by atoms with Crippen LogP contribution in [0.3, 0.4) is 0 Å². The quantitative estimate of drug-likeness (QED) is 0.476. The predicted octanol–water partition coefficient (Wildman–Crippen LogP) is 3.62. The number of hydrogen-bond acceptors (Lipinski definition) is 3. The fourth-order valence-corrected chi connectivity index (χ4v) is 3.42. The summed E-state index contributed by atoms with van der Waals surface area (Å²) < 4.78 is 0. The van der Waals surface area contributed by atoms with Crippen LogP contribution in [0.25, 0.3) is 12.2 Å². The Balaban J connectivity index is 1.63. The summed E-state index contributed by atoms with van der Waals surface area (Å²) in [4.78, 5) is 25.6. The third-order valence-electron chi connectivity index (χ3n) is 4.87. The van der Waals surface area contributed by atoms with E-state index in [9.17, 15) is 9.59 Å². The lowest BCUT2D eigenvalue weighted by Gasteiger charge is -2.32. The lowest BCUT2D eigenvalue weighted by atomic mass is 9.90. The Morgan fingerprint density at radius 2 is 1.71 bits per heavy atom. The minimum atomic E-state index is -0.589. The van der Waals surface area contributed by atoms with Gasteiger partial charge >= 0.3 is 0 Å². The zero-order chi connectivity index (χ0) is 19.8. The highest BCUT2D eigenvalue weighted by molar-refractivity contribution is 5.92. The summed E-state index contributed by atoms with van der Waals surface area (Å²) in [6.45, 7) is 1.53. The van der Waals surface area contributed by atoms with E-state index in [0.717, 1.165) is 37.1 Å². The summed E-state index contributed by atoms with van der Waals surface area (Å²) >= 11 is 0. The fraction of sp³-hybridized carbons (Fsp3) is 0.217. The van der Waals surface area contributed by atoms with E-state index in [1.54, 1.807) is 23.7 Å². The second-order valence-corrected chi connectivity index (χ2v) is 6.85. The highest BCUT2D eigenvalue weighted by Crippen LogP contribution is 2.26. The zero-order valence-corrected chi connectivity index (χ0v) is 15.6. The van der Waals surface area contributed by atoms with Crippen LogP contribution in [0.5, 0.6) is 0 Å². The van der Waals surface area contributed by atoms with E-state index in [-0.39, 0.29) is 5.91 Å². The number of piperidine rings is 1. The molecular weight excluding hydrogens is 352 g/mol. The molecule has 28 heavy (non-hydrogen) atoms. The summed E-state index contributed by atoms with van der Waals surface area (Å²) in [6.07, 6.45) is 8.35. The average molecular weight is 376 g/mol. The highest BCUT2D eigenvalue weighted by atomic mass is 16.5. The monoisotopic (exact) mass is 376 g/mol. The lowest BCUT2D eigenvalue weighted by Crippen LogP contribution is -2.38. The Labute approximate surface area is 164 Å². The van der Waals surface area contributed by atoms with Crippen LogP contribution in [0.4, 0.5) is 0 Å². The number of rotatable bonds is 5. The first kappa shape index (κ1) is 19.6. The van der Waals surface area contributed by atoms with E-state index in [0.29, 0.717) is 5.92 Å². The van der Waals surface area contributed by atoms with Gasteiger partial charge in [-0.25, -0.2) is 5.48 Å². The molecule has 5 nitrogen and oxygen atoms in total. The maximum Gasteiger partial charge on any atom is 0.267 e. The van der Waals surface area contributed by atoms with Crippen molar-refractivity contribution in [3.8, 4) is 0 Å². The number of likely N-dealkylation sites (tertiary alicyclic amines) is 1. The van der Waals surface area contributed by atoms with Gasteiger partial charge in [-0.05, 0) is 47.8 Å². The van der Waals surface area contributed by atoms with Crippen LogP contribution in [0, 0.1) is 0 Å². The van der Waals surface area contributed by atoms with E-state index < -0.39 is 5.91 Å². The standard InChI is InChI=1S/C23H24N2O3/c26-22(24-28)13-11-18-6-4-7-19(16-18)12-14-23(27)25-15-5-10-21(17-25)20-8-2-1-3-9-20/h1-4,6-9,11-14,16,21,28H,5,10,15,17H2,(H,24,26)/t21-/m1/s1. The van der Waals surface area contributed by atoms with Gasteiger partial charge in [0.15, 0.2) is 0 Å². The van der Waals surface area contributed by atoms with Gasteiger partial charge in [0.25, 0.3) is 5.91 Å². The van der Waals surface area contributed by atoms with Gasteiger partial charge < -0.3 is 4.90 Å². The summed E-state index contributed by atoms with van der Waals surface area (Å²) in [7, 11) is 0. The molecule has 0 radical (unpaired) electrons. The minimum Gasteiger partial charge on any atom is -0.339 e. The lowest BCUT2D eigenvalue weighted by molar-refractivity contribution is -0.127. The molecule has 0 saturated carbocycles. The summed E-state index contributed by atoms with van der Waals surface area (Å²) in [5, 5.41) is 8.52. The number of amides is 2. The zero-order valence-electron chi connectivity index (χ0n) is 15.6. The van der Waals surface area contributed by atoms with Crippen molar-refractivity contribution >= 4 is 24.0 Å². The van der Waals surface area contributed by atoms with Gasteiger partial charge in [-0.15, -0.1) is 0 Å². The minimum absolute atomic E-state index is 0.0150. The second-order valence-electron chi connectivity index (χ2n) is 6.85. The normalized spacial score (nSPS) is 17.2. The molecule has 0 aliphatic carbocycles. The molecule has 0 spiro atoms. The Hall–Kier alpha value is -3.18. The third kappa shape index (κ3) is 5.41. The number of hydroxylamine groups is 1. The Morgan fingerprint density at radius 3 is 2.43 bits per heavy atom. The maximum absolute atomic E-state index is 12.6. The molecule has 2 aromatic rings. The van der Waals surface area contributed by atoms with Crippen molar-refractivity contribution < 1.29 is 14.8 Å². The van der Waals surface area contributed by atoms with Gasteiger partial charge in [0.1, 0.15) is 0 Å². The number of hydrogen-bond donors (Lipinski definition) is 2. The van der Waals surface area contributed by atoms with Crippen LogP contribution >= 0.6 is 0 Å². The van der Waals surface area contributed by atoms with Crippen molar-refractivity contribution in [2.75, 3.05) is 13.1 Å². The largest absolute Gasteiger partial charge is 0.339 e. The van der Waals surface area contributed by atoms with E-state index in [4.69, 9.17) is 5.21 Å². The van der Waals surface area contributed by atoms with Gasteiger partial charge in [-0.1, -0.05) is 48.5 Å². The van der Waals surface area contributed by atoms with Gasteiger partial charge in [0.2, 0.25) is 5.91 Å². The Bertz CT molecular complexity index is 874. The first-order valence-corrected chi connectivity index (χ1v) is 9.40. The SMILES string of the molecule is O=C(C=Cc1cccc(C=CC(=O)N2CCC[C@@H](c3ccccc3)C2)c1)NO. The molecule has 1 aliphatic heterocycles. The first-order valence-electron chi connectivity index (χ1n) is 9.40. The molecule has 3 rings (SSSR count). The molecule has 2 N–H and O–H groups in total. The molecule has 1 fully saturated rings. The van der Waals surface area contributed by atoms with Crippen molar-refractivity contribution in [1.29, 1.82) is 0 Å². The molecule has 5 heteroatoms. The molecule has 0 bridgehead atoms. The van der Waals surface area contributed by atoms with Crippen molar-refractivity contribution in [3.05, 3.63) is 83.4 Å². The van der Waals surface area contributed by atoms with Gasteiger partial charge in [0.05, 0.1) is 0 Å². The van der Waals surface area contributed by atoms with Crippen LogP contribution in [0.2, 0.25) is 0 Å². The fourth-order valence-electron chi connectivity index (χ4n) is 3.42. The predicted molar refractivity (Wildman–Crippen MR) is 109 cm³/mol. The number of nitrogens with zero attached hydrogens (tertiary/aromatic N) is 1. The van der Waals surface area contributed by atoms with Gasteiger partial charge in [-0.2, -0.15) is 0 Å². The third-order valence-corrected chi connectivity index (χ3v) is 4.87. The first-order chi connectivity index (χ1) is 13.7. The van der Waals surface area contributed by atoms with Crippen LogP contribution < -0.4 is 5.48 Å². The number of benzene rings is 2. The Kier molecular flexibility index (Phi) is 6.76. The molecule has 1 aliphatic rings. The average Bonchev–Trinajstić information content (AvgIpc) is 2.76. The smallest absolute Gasteiger partial charge is 0.267 e. The molecule has 0 aromatic heterocycles. The maximum atomic E-state index is 12.6. The molecule has 1 saturated heterocycles. The molecule has 2 aromatic carbocycles. The molecule has 1 heterocycles. The molecular formula is C23H24N2O3. The van der Waals surface area contributed by atoms with Crippen LogP contribution in [-0.2, 0) is 9.59 Å².